The van der Waals surface area contributed by atoms with Crippen LogP contribution in [0.4, 0.5) is 10.1 Å². The first-order valence-electron chi connectivity index (χ1n) is 16.6. The third-order valence-corrected chi connectivity index (χ3v) is 9.52. The fraction of sp³-hybridized carbons (Fsp3) is 0.432. The predicted molar refractivity (Wildman–Crippen MR) is 188 cm³/mol. The van der Waals surface area contributed by atoms with E-state index in [1.54, 1.807) is 43.1 Å². The SMILES string of the molecule is COc1cc(N2CCN(C(C)(C)C)CC2)ccc1-c1cc(C2=CCCN(C(=O)CCn3cccn3)C2)c(F)c2[nH]c(C(=O)N(C)C)cc12. The van der Waals surface area contributed by atoms with Crippen LogP contribution in [0.2, 0.25) is 0 Å². The number of nitrogens with one attached hydrogen (secondary N) is 1. The van der Waals surface area contributed by atoms with Crippen molar-refractivity contribution in [2.45, 2.75) is 45.7 Å². The van der Waals surface area contributed by atoms with Crippen LogP contribution in [0.1, 0.15) is 49.7 Å². The van der Waals surface area contributed by atoms with Crippen molar-refractivity contribution in [1.29, 1.82) is 0 Å². The highest BCUT2D eigenvalue weighted by Gasteiger charge is 2.28. The summed E-state index contributed by atoms with van der Waals surface area (Å²) in [6.45, 7) is 11.8. The number of aromatic nitrogens is 3. The van der Waals surface area contributed by atoms with Crippen molar-refractivity contribution in [2.75, 3.05) is 65.4 Å². The van der Waals surface area contributed by atoms with Gasteiger partial charge in [-0.15, -0.1) is 0 Å². The molecule has 254 valence electrons. The van der Waals surface area contributed by atoms with Crippen molar-refractivity contribution in [3.05, 3.63) is 71.9 Å². The fourth-order valence-electron chi connectivity index (χ4n) is 6.76. The van der Waals surface area contributed by atoms with E-state index < -0.39 is 5.82 Å². The molecule has 11 heteroatoms. The van der Waals surface area contributed by atoms with E-state index in [2.05, 4.69) is 52.8 Å². The lowest BCUT2D eigenvalue weighted by atomic mass is 9.92. The third-order valence-electron chi connectivity index (χ3n) is 9.52. The van der Waals surface area contributed by atoms with Crippen LogP contribution in [0.5, 0.6) is 5.75 Å². The van der Waals surface area contributed by atoms with Crippen molar-refractivity contribution >= 4 is 34.0 Å². The summed E-state index contributed by atoms with van der Waals surface area (Å²) in [5.41, 5.74) is 4.43. The molecule has 2 aromatic heterocycles. The molecule has 2 aliphatic rings. The van der Waals surface area contributed by atoms with Gasteiger partial charge in [0.25, 0.3) is 5.91 Å². The monoisotopic (exact) mass is 655 g/mol. The molecule has 48 heavy (non-hydrogen) atoms. The third kappa shape index (κ3) is 6.69. The summed E-state index contributed by atoms with van der Waals surface area (Å²) in [6.07, 6.45) is 6.46. The van der Waals surface area contributed by atoms with Crippen molar-refractivity contribution in [2.24, 2.45) is 0 Å². The number of benzene rings is 2. The zero-order valence-corrected chi connectivity index (χ0v) is 28.8. The number of amides is 2. The van der Waals surface area contributed by atoms with Gasteiger partial charge in [-0.25, -0.2) is 4.39 Å². The number of ether oxygens (including phenoxy) is 1. The molecule has 2 aromatic carbocycles. The first kappa shape index (κ1) is 33.3. The van der Waals surface area contributed by atoms with Gasteiger partial charge in [0.05, 0.1) is 12.6 Å². The standard InChI is InChI=1S/C37H46FN7O3/c1-37(2,3)44-19-17-42(18-20-44)26-10-11-27(32(21-26)48-6)29-22-28(34(38)35-30(29)23-31(40-35)36(47)41(4)5)25-9-7-14-43(24-25)33(46)12-16-45-15-8-13-39-45/h8-11,13,15,21-23,40H,7,12,14,16-20,24H2,1-6H3. The number of hydrogen-bond acceptors (Lipinski definition) is 6. The lowest BCUT2D eigenvalue weighted by molar-refractivity contribution is -0.131. The van der Waals surface area contributed by atoms with Crippen LogP contribution in [-0.2, 0) is 11.3 Å². The van der Waals surface area contributed by atoms with Gasteiger partial charge >= 0.3 is 0 Å². The minimum Gasteiger partial charge on any atom is -0.496 e. The first-order valence-corrected chi connectivity index (χ1v) is 16.6. The molecule has 0 atom stereocenters. The van der Waals surface area contributed by atoms with E-state index in [1.165, 1.54) is 4.90 Å². The van der Waals surface area contributed by atoms with Crippen molar-refractivity contribution < 1.29 is 18.7 Å². The molecule has 0 radical (unpaired) electrons. The number of fused-ring (bicyclic) bond motifs is 1. The number of carbonyl (C=O) groups excluding carboxylic acids is 2. The van der Waals surface area contributed by atoms with E-state index in [0.717, 1.165) is 48.6 Å². The largest absolute Gasteiger partial charge is 0.496 e. The number of rotatable bonds is 8. The highest BCUT2D eigenvalue weighted by atomic mass is 19.1. The Morgan fingerprint density at radius 2 is 1.79 bits per heavy atom. The van der Waals surface area contributed by atoms with Crippen LogP contribution >= 0.6 is 0 Å². The minimum atomic E-state index is -0.448. The van der Waals surface area contributed by atoms with Gasteiger partial charge in [-0.3, -0.25) is 19.2 Å². The Hall–Kier alpha value is -4.64. The van der Waals surface area contributed by atoms with Crippen molar-refractivity contribution in [3.8, 4) is 16.9 Å². The lowest BCUT2D eigenvalue weighted by Crippen LogP contribution is -2.53. The quantitative estimate of drug-likeness (QED) is 0.270. The second-order valence-electron chi connectivity index (χ2n) is 13.8. The molecule has 0 aliphatic carbocycles. The fourth-order valence-corrected chi connectivity index (χ4v) is 6.76. The van der Waals surface area contributed by atoms with Gasteiger partial charge < -0.3 is 24.4 Å². The molecule has 0 unspecified atom stereocenters. The molecule has 1 fully saturated rings. The van der Waals surface area contributed by atoms with Gasteiger partial charge in [0.15, 0.2) is 5.82 Å². The van der Waals surface area contributed by atoms with E-state index in [0.29, 0.717) is 54.9 Å². The van der Waals surface area contributed by atoms with Crippen LogP contribution in [0, 0.1) is 5.82 Å². The normalized spacial score (nSPS) is 15.9. The molecule has 2 aliphatic heterocycles. The number of hydrogen-bond donors (Lipinski definition) is 1. The number of carbonyl (C=O) groups is 2. The van der Waals surface area contributed by atoms with Gasteiger partial charge in [0.2, 0.25) is 5.91 Å². The van der Waals surface area contributed by atoms with Gasteiger partial charge in [0.1, 0.15) is 11.4 Å². The highest BCUT2D eigenvalue weighted by molar-refractivity contribution is 6.05. The van der Waals surface area contributed by atoms with E-state index in [4.69, 9.17) is 4.74 Å². The Bertz CT molecular complexity index is 1830. The van der Waals surface area contributed by atoms with E-state index in [9.17, 15) is 9.59 Å². The zero-order chi connectivity index (χ0) is 34.2. The zero-order valence-electron chi connectivity index (χ0n) is 28.8. The molecular weight excluding hydrogens is 609 g/mol. The smallest absolute Gasteiger partial charge is 0.269 e. The number of nitrogens with zero attached hydrogens (tertiary/aromatic N) is 6. The molecule has 2 amide bonds. The maximum Gasteiger partial charge on any atom is 0.269 e. The molecule has 1 saturated heterocycles. The number of aryl methyl sites for hydroxylation is 1. The second-order valence-corrected chi connectivity index (χ2v) is 13.8. The summed E-state index contributed by atoms with van der Waals surface area (Å²) in [7, 11) is 4.99. The Morgan fingerprint density at radius 1 is 1.02 bits per heavy atom. The molecule has 4 aromatic rings. The summed E-state index contributed by atoms with van der Waals surface area (Å²) in [4.78, 5) is 37.4. The van der Waals surface area contributed by atoms with Gasteiger partial charge in [-0.2, -0.15) is 5.10 Å². The van der Waals surface area contributed by atoms with Crippen LogP contribution < -0.4 is 9.64 Å². The van der Waals surface area contributed by atoms with Crippen molar-refractivity contribution in [3.63, 3.8) is 0 Å². The summed E-state index contributed by atoms with van der Waals surface area (Å²) in [5, 5.41) is 4.79. The Kier molecular flexibility index (Phi) is 9.33. The number of methoxy groups -OCH3 is 1. The average molecular weight is 656 g/mol. The Balaban J connectivity index is 1.36. The molecular formula is C37H46FN7O3. The number of piperazine rings is 1. The van der Waals surface area contributed by atoms with E-state index >= 15 is 4.39 Å². The average Bonchev–Trinajstić information content (AvgIpc) is 3.78. The molecule has 6 rings (SSSR count). The Labute approximate surface area is 281 Å². The number of anilines is 1. The van der Waals surface area contributed by atoms with Crippen LogP contribution in [0.25, 0.3) is 27.6 Å². The second kappa shape index (κ2) is 13.5. The maximum absolute atomic E-state index is 16.5. The highest BCUT2D eigenvalue weighted by Crippen LogP contribution is 2.41. The predicted octanol–water partition coefficient (Wildman–Crippen LogP) is 5.51. The molecule has 4 heterocycles. The molecule has 0 bridgehead atoms. The summed E-state index contributed by atoms with van der Waals surface area (Å²) in [5.74, 6) is -0.0342. The molecule has 1 N–H and O–H groups in total. The van der Waals surface area contributed by atoms with Gasteiger partial charge in [0, 0.05) is 113 Å². The van der Waals surface area contributed by atoms with Crippen LogP contribution in [0.3, 0.4) is 0 Å². The van der Waals surface area contributed by atoms with Crippen LogP contribution in [0.15, 0.2) is 54.9 Å². The summed E-state index contributed by atoms with van der Waals surface area (Å²) < 4.78 is 24.3. The summed E-state index contributed by atoms with van der Waals surface area (Å²) >= 11 is 0. The molecule has 0 saturated carbocycles. The number of aromatic amines is 1. The maximum atomic E-state index is 16.5. The van der Waals surface area contributed by atoms with Crippen molar-refractivity contribution in [1.82, 2.24) is 29.5 Å². The lowest BCUT2D eigenvalue weighted by Gasteiger charge is -2.43. The van der Waals surface area contributed by atoms with E-state index in [-0.39, 0.29) is 22.9 Å². The van der Waals surface area contributed by atoms with Gasteiger partial charge in [-0.1, -0.05) is 6.08 Å². The molecule has 10 nitrogen and oxygen atoms in total. The number of halogens is 1. The van der Waals surface area contributed by atoms with E-state index in [1.807, 2.05) is 30.5 Å². The first-order chi connectivity index (χ1) is 22.9. The molecule has 0 spiro atoms. The van der Waals surface area contributed by atoms with Gasteiger partial charge in [-0.05, 0) is 68.7 Å². The summed E-state index contributed by atoms with van der Waals surface area (Å²) in [6, 6.07) is 11.6. The number of H-pyrrole nitrogens is 1. The Morgan fingerprint density at radius 3 is 2.46 bits per heavy atom. The minimum absolute atomic E-state index is 0.00265. The van der Waals surface area contributed by atoms with Crippen LogP contribution in [-0.4, -0.2) is 107 Å². The topological polar surface area (TPSA) is 89.9 Å².